The summed E-state index contributed by atoms with van der Waals surface area (Å²) in [5, 5.41) is 10.4. The van der Waals surface area contributed by atoms with Crippen LogP contribution in [0.3, 0.4) is 0 Å². The van der Waals surface area contributed by atoms with Gasteiger partial charge in [0.25, 0.3) is 0 Å². The van der Waals surface area contributed by atoms with Crippen molar-refractivity contribution >= 4 is 0 Å². The second-order valence-electron chi connectivity index (χ2n) is 7.88. The molecule has 6 heteroatoms. The number of likely N-dealkylation sites (N-methyl/N-ethyl adjacent to an activating group) is 1. The molecule has 0 spiro atoms. The predicted molar refractivity (Wildman–Crippen MR) is 116 cm³/mol. The van der Waals surface area contributed by atoms with E-state index in [4.69, 9.17) is 4.74 Å². The van der Waals surface area contributed by atoms with Gasteiger partial charge in [-0.25, -0.2) is 0 Å². The van der Waals surface area contributed by atoms with E-state index in [1.54, 1.807) is 6.20 Å². The van der Waals surface area contributed by atoms with Crippen molar-refractivity contribution in [3.05, 3.63) is 59.9 Å². The smallest absolute Gasteiger partial charge is 0.119 e. The van der Waals surface area contributed by atoms with Crippen molar-refractivity contribution in [1.82, 2.24) is 19.7 Å². The molecule has 1 unspecified atom stereocenters. The highest BCUT2D eigenvalue weighted by Crippen LogP contribution is 2.16. The van der Waals surface area contributed by atoms with Gasteiger partial charge in [-0.3, -0.25) is 14.8 Å². The van der Waals surface area contributed by atoms with Gasteiger partial charge in [-0.2, -0.15) is 0 Å². The molecular formula is C23H34N4O2. The molecule has 1 aromatic heterocycles. The third kappa shape index (κ3) is 7.40. The fourth-order valence-corrected chi connectivity index (χ4v) is 3.74. The molecule has 1 fully saturated rings. The number of ether oxygens (including phenoxy) is 1. The van der Waals surface area contributed by atoms with Gasteiger partial charge >= 0.3 is 0 Å². The molecule has 158 valence electrons. The fourth-order valence-electron chi connectivity index (χ4n) is 3.74. The number of hydrogen-bond acceptors (Lipinski definition) is 6. The van der Waals surface area contributed by atoms with E-state index in [0.29, 0.717) is 13.2 Å². The van der Waals surface area contributed by atoms with Crippen LogP contribution in [-0.2, 0) is 13.1 Å². The molecule has 1 N–H and O–H groups in total. The van der Waals surface area contributed by atoms with Gasteiger partial charge in [0.05, 0.1) is 0 Å². The summed E-state index contributed by atoms with van der Waals surface area (Å²) in [4.78, 5) is 11.2. The molecule has 1 saturated heterocycles. The van der Waals surface area contributed by atoms with Gasteiger partial charge in [-0.05, 0) is 42.9 Å². The molecule has 29 heavy (non-hydrogen) atoms. The van der Waals surface area contributed by atoms with Gasteiger partial charge in [-0.15, -0.1) is 0 Å². The Bertz CT molecular complexity index is 720. The predicted octanol–water partition coefficient (Wildman–Crippen LogP) is 2.09. The highest BCUT2D eigenvalue weighted by atomic mass is 16.5. The van der Waals surface area contributed by atoms with E-state index in [0.717, 1.165) is 51.6 Å². The number of piperazine rings is 1. The monoisotopic (exact) mass is 398 g/mol. The molecule has 1 aromatic carbocycles. The summed E-state index contributed by atoms with van der Waals surface area (Å²) < 4.78 is 5.88. The van der Waals surface area contributed by atoms with E-state index in [2.05, 4.69) is 51.9 Å². The Morgan fingerprint density at radius 2 is 1.79 bits per heavy atom. The van der Waals surface area contributed by atoms with Crippen LogP contribution in [0.5, 0.6) is 5.75 Å². The van der Waals surface area contributed by atoms with Gasteiger partial charge in [0.2, 0.25) is 0 Å². The second-order valence-corrected chi connectivity index (χ2v) is 7.88. The zero-order valence-corrected chi connectivity index (χ0v) is 17.7. The minimum Gasteiger partial charge on any atom is -0.491 e. The third-order valence-electron chi connectivity index (χ3n) is 5.35. The first-order chi connectivity index (χ1) is 14.1. The Kier molecular flexibility index (Phi) is 8.43. The molecule has 2 aromatic rings. The molecular weight excluding hydrogens is 364 g/mol. The molecule has 0 radical (unpaired) electrons. The van der Waals surface area contributed by atoms with Crippen LogP contribution in [0.25, 0.3) is 0 Å². The summed E-state index contributed by atoms with van der Waals surface area (Å²) in [6.07, 6.45) is 3.23. The maximum Gasteiger partial charge on any atom is 0.119 e. The lowest BCUT2D eigenvalue weighted by molar-refractivity contribution is 0.0470. The topological polar surface area (TPSA) is 52.1 Å². The number of rotatable bonds is 10. The Labute approximate surface area is 174 Å². The van der Waals surface area contributed by atoms with Crippen molar-refractivity contribution in [2.24, 2.45) is 0 Å². The lowest BCUT2D eigenvalue weighted by Crippen LogP contribution is -2.49. The number of hydrogen-bond donors (Lipinski definition) is 1. The number of aliphatic hydroxyl groups excluding tert-OH is 1. The summed E-state index contributed by atoms with van der Waals surface area (Å²) in [5.74, 6) is 0.812. The zero-order valence-electron chi connectivity index (χ0n) is 17.7. The van der Waals surface area contributed by atoms with E-state index in [-0.39, 0.29) is 0 Å². The van der Waals surface area contributed by atoms with Gasteiger partial charge in [-0.1, -0.05) is 25.1 Å². The molecule has 0 amide bonds. The quantitative estimate of drug-likeness (QED) is 0.661. The molecule has 1 atom stereocenters. The van der Waals surface area contributed by atoms with Gasteiger partial charge in [0.1, 0.15) is 18.5 Å². The Morgan fingerprint density at radius 1 is 1.07 bits per heavy atom. The normalized spacial score (nSPS) is 16.8. The van der Waals surface area contributed by atoms with E-state index < -0.39 is 6.10 Å². The number of benzene rings is 1. The highest BCUT2D eigenvalue weighted by Gasteiger charge is 2.18. The first kappa shape index (κ1) is 21.7. The molecule has 1 aliphatic rings. The van der Waals surface area contributed by atoms with Crippen LogP contribution in [0.4, 0.5) is 0 Å². The summed E-state index contributed by atoms with van der Waals surface area (Å²) in [5.41, 5.74) is 2.39. The van der Waals surface area contributed by atoms with Crippen molar-refractivity contribution < 1.29 is 9.84 Å². The van der Waals surface area contributed by atoms with Gasteiger partial charge in [0, 0.05) is 58.2 Å². The van der Waals surface area contributed by atoms with Crippen molar-refractivity contribution in [2.45, 2.75) is 26.1 Å². The van der Waals surface area contributed by atoms with Crippen LogP contribution in [0, 0.1) is 0 Å². The van der Waals surface area contributed by atoms with E-state index >= 15 is 0 Å². The van der Waals surface area contributed by atoms with Gasteiger partial charge < -0.3 is 14.7 Å². The molecule has 6 nitrogen and oxygen atoms in total. The standard InChI is InChI=1S/C23H34N4O2/c1-3-26-10-12-27(13-11-26)18-22(28)19-29-23-8-4-6-20(14-23)16-25(2)17-21-7-5-9-24-15-21/h4-9,14-15,22,28H,3,10-13,16-19H2,1-2H3. The largest absolute Gasteiger partial charge is 0.491 e. The number of nitrogens with zero attached hydrogens (tertiary/aromatic N) is 4. The fraction of sp³-hybridized carbons (Fsp3) is 0.522. The van der Waals surface area contributed by atoms with Crippen LogP contribution < -0.4 is 4.74 Å². The molecule has 3 rings (SSSR count). The minimum atomic E-state index is -0.472. The molecule has 0 bridgehead atoms. The van der Waals surface area contributed by atoms with Crippen LogP contribution in [0.2, 0.25) is 0 Å². The number of pyridine rings is 1. The van der Waals surface area contributed by atoms with Gasteiger partial charge in [0.15, 0.2) is 0 Å². The maximum atomic E-state index is 10.4. The Hall–Kier alpha value is -1.99. The van der Waals surface area contributed by atoms with Crippen LogP contribution in [0.15, 0.2) is 48.8 Å². The van der Waals surface area contributed by atoms with E-state index in [9.17, 15) is 5.11 Å². The summed E-state index contributed by atoms with van der Waals surface area (Å²) in [6.45, 7) is 10.2. The van der Waals surface area contributed by atoms with Crippen LogP contribution >= 0.6 is 0 Å². The van der Waals surface area contributed by atoms with E-state index in [1.807, 2.05) is 24.4 Å². The SMILES string of the molecule is CCN1CCN(CC(O)COc2cccc(CN(C)Cc3cccnc3)c2)CC1. The van der Waals surface area contributed by atoms with Crippen molar-refractivity contribution in [3.63, 3.8) is 0 Å². The third-order valence-corrected chi connectivity index (χ3v) is 5.35. The average Bonchev–Trinajstić information content (AvgIpc) is 2.74. The molecule has 0 aliphatic carbocycles. The molecule has 1 aliphatic heterocycles. The molecule has 2 heterocycles. The van der Waals surface area contributed by atoms with Crippen molar-refractivity contribution in [2.75, 3.05) is 52.9 Å². The summed E-state index contributed by atoms with van der Waals surface area (Å²) in [6, 6.07) is 12.2. The lowest BCUT2D eigenvalue weighted by atomic mass is 10.2. The first-order valence-corrected chi connectivity index (χ1v) is 10.5. The van der Waals surface area contributed by atoms with Crippen molar-refractivity contribution in [1.29, 1.82) is 0 Å². The number of aliphatic hydroxyl groups is 1. The second kappa shape index (κ2) is 11.3. The summed E-state index contributed by atoms with van der Waals surface area (Å²) >= 11 is 0. The maximum absolute atomic E-state index is 10.4. The number of aromatic nitrogens is 1. The number of β-amino-alcohol motifs (C(OH)–C–C–N with tert-alkyl or cyclic N) is 1. The average molecular weight is 399 g/mol. The Morgan fingerprint density at radius 3 is 2.52 bits per heavy atom. The van der Waals surface area contributed by atoms with Crippen LogP contribution in [-0.4, -0.2) is 83.8 Å². The lowest BCUT2D eigenvalue weighted by Gasteiger charge is -2.34. The zero-order chi connectivity index (χ0) is 20.5. The first-order valence-electron chi connectivity index (χ1n) is 10.5. The van der Waals surface area contributed by atoms with Crippen LogP contribution in [0.1, 0.15) is 18.1 Å². The van der Waals surface area contributed by atoms with E-state index in [1.165, 1.54) is 11.1 Å². The molecule has 0 saturated carbocycles. The summed E-state index contributed by atoms with van der Waals surface area (Å²) in [7, 11) is 2.10. The minimum absolute atomic E-state index is 0.322. The Balaban J connectivity index is 1.42. The van der Waals surface area contributed by atoms with Crippen molar-refractivity contribution in [3.8, 4) is 5.75 Å². The highest BCUT2D eigenvalue weighted by molar-refractivity contribution is 5.28.